The maximum Gasteiger partial charge on any atom is 0.178 e. The Kier molecular flexibility index (Phi) is 5.54. The van der Waals surface area contributed by atoms with Crippen molar-refractivity contribution in [3.63, 3.8) is 0 Å². The summed E-state index contributed by atoms with van der Waals surface area (Å²) < 4.78 is 6.07. The highest BCUT2D eigenvalue weighted by atomic mass is 16.5. The number of aryl methyl sites for hydroxylation is 1. The van der Waals surface area contributed by atoms with Crippen molar-refractivity contribution in [3.8, 4) is 5.75 Å². The number of aliphatic hydroxyl groups is 1. The summed E-state index contributed by atoms with van der Waals surface area (Å²) in [6, 6.07) is 17.0. The standard InChI is InChI=1S/C27H29NO3/c29-20-16-26(30)27-24-17-21(31-15-7-6-10-19-8-2-1-3-9-19)13-14-22(24)23-11-4-5-12-25(23)28(27)18-20/h1-3,8-9,13-14,16-17,25,30H,4-7,10-12,15,18H2/t25-/m0/s1. The molecule has 1 aliphatic carbocycles. The minimum Gasteiger partial charge on any atom is -0.506 e. The summed E-state index contributed by atoms with van der Waals surface area (Å²) in [6.07, 6.45) is 8.96. The van der Waals surface area contributed by atoms with Crippen LogP contribution in [0.3, 0.4) is 0 Å². The largest absolute Gasteiger partial charge is 0.506 e. The number of carbonyl (C=O) groups is 1. The number of ketones is 1. The van der Waals surface area contributed by atoms with E-state index in [1.54, 1.807) is 0 Å². The average molecular weight is 416 g/mol. The molecule has 0 bridgehead atoms. The fourth-order valence-corrected chi connectivity index (χ4v) is 5.23. The Labute approximate surface area is 183 Å². The molecule has 1 atom stereocenters. The molecule has 1 saturated carbocycles. The number of benzene rings is 2. The lowest BCUT2D eigenvalue weighted by Crippen LogP contribution is -2.52. The van der Waals surface area contributed by atoms with Crippen LogP contribution in [-0.2, 0) is 11.2 Å². The molecular formula is C27H29NO3. The van der Waals surface area contributed by atoms with Gasteiger partial charge in [-0.05, 0) is 67.0 Å². The van der Waals surface area contributed by atoms with Gasteiger partial charge in [0.15, 0.2) is 5.78 Å². The molecule has 160 valence electrons. The number of rotatable bonds is 6. The molecule has 2 aliphatic heterocycles. The molecular weight excluding hydrogens is 386 g/mol. The summed E-state index contributed by atoms with van der Waals surface area (Å²) in [6.45, 7) is 1.02. The molecule has 4 heteroatoms. The van der Waals surface area contributed by atoms with Gasteiger partial charge < -0.3 is 14.7 Å². The third-order valence-electron chi connectivity index (χ3n) is 6.67. The lowest BCUT2D eigenvalue weighted by molar-refractivity contribution is -0.115. The SMILES string of the molecule is O=C1C=C(O)C2=c3cc(OCCCCc4ccccc4)ccc3=C3CCCC[C@@H]3N2C1. The van der Waals surface area contributed by atoms with Gasteiger partial charge in [0.2, 0.25) is 0 Å². The second kappa shape index (κ2) is 8.62. The Bertz CT molecular complexity index is 1130. The van der Waals surface area contributed by atoms with E-state index in [-0.39, 0.29) is 17.6 Å². The minimum atomic E-state index is -0.0274. The molecule has 4 nitrogen and oxygen atoms in total. The van der Waals surface area contributed by atoms with E-state index in [9.17, 15) is 9.90 Å². The molecule has 0 spiro atoms. The van der Waals surface area contributed by atoms with Gasteiger partial charge in [0, 0.05) is 11.3 Å². The first-order valence-electron chi connectivity index (χ1n) is 11.5. The summed E-state index contributed by atoms with van der Waals surface area (Å²) >= 11 is 0. The zero-order chi connectivity index (χ0) is 21.2. The summed E-state index contributed by atoms with van der Waals surface area (Å²) in [5.74, 6) is 0.882. The van der Waals surface area contributed by atoms with E-state index in [1.165, 1.54) is 28.9 Å². The van der Waals surface area contributed by atoms with Gasteiger partial charge in [0.25, 0.3) is 0 Å². The molecule has 2 heterocycles. The lowest BCUT2D eigenvalue weighted by Gasteiger charge is -2.42. The van der Waals surface area contributed by atoms with E-state index in [4.69, 9.17) is 4.74 Å². The molecule has 0 aromatic heterocycles. The van der Waals surface area contributed by atoms with Crippen LogP contribution in [0, 0.1) is 0 Å². The zero-order valence-electron chi connectivity index (χ0n) is 17.8. The van der Waals surface area contributed by atoms with Crippen LogP contribution in [-0.4, -0.2) is 35.0 Å². The number of nitrogens with zero attached hydrogens (tertiary/aromatic N) is 1. The predicted octanol–water partition coefficient (Wildman–Crippen LogP) is 3.63. The van der Waals surface area contributed by atoms with Crippen molar-refractivity contribution in [2.45, 2.75) is 51.0 Å². The van der Waals surface area contributed by atoms with Crippen LogP contribution < -0.4 is 15.2 Å². The second-order valence-corrected chi connectivity index (χ2v) is 8.76. The number of hydrogen-bond donors (Lipinski definition) is 1. The van der Waals surface area contributed by atoms with Gasteiger partial charge in [-0.2, -0.15) is 0 Å². The molecule has 5 rings (SSSR count). The van der Waals surface area contributed by atoms with E-state index in [0.29, 0.717) is 13.2 Å². The average Bonchev–Trinajstić information content (AvgIpc) is 2.79. The number of hydrogen-bond acceptors (Lipinski definition) is 4. The van der Waals surface area contributed by atoms with Gasteiger partial charge in [0.05, 0.1) is 24.9 Å². The van der Waals surface area contributed by atoms with Gasteiger partial charge in [-0.15, -0.1) is 0 Å². The lowest BCUT2D eigenvalue weighted by atomic mass is 9.83. The van der Waals surface area contributed by atoms with Crippen molar-refractivity contribution in [2.75, 3.05) is 13.2 Å². The number of aliphatic hydroxyl groups excluding tert-OH is 1. The number of unbranched alkanes of at least 4 members (excludes halogenated alkanes) is 1. The van der Waals surface area contributed by atoms with E-state index < -0.39 is 0 Å². The maximum atomic E-state index is 12.2. The minimum absolute atomic E-state index is 0.0274. The summed E-state index contributed by atoms with van der Waals surface area (Å²) in [5.41, 5.74) is 3.56. The van der Waals surface area contributed by atoms with Crippen LogP contribution in [0.4, 0.5) is 0 Å². The molecule has 0 unspecified atom stereocenters. The first-order valence-corrected chi connectivity index (χ1v) is 11.5. The highest BCUT2D eigenvalue weighted by molar-refractivity contribution is 5.97. The van der Waals surface area contributed by atoms with Gasteiger partial charge in [0.1, 0.15) is 11.5 Å². The molecule has 0 saturated heterocycles. The fraction of sp³-hybridized carbons (Fsp3) is 0.370. The van der Waals surface area contributed by atoms with Crippen LogP contribution in [0.1, 0.15) is 44.1 Å². The molecule has 1 fully saturated rings. The van der Waals surface area contributed by atoms with Gasteiger partial charge >= 0.3 is 0 Å². The third-order valence-corrected chi connectivity index (χ3v) is 6.67. The van der Waals surface area contributed by atoms with Gasteiger partial charge in [-0.25, -0.2) is 0 Å². The predicted molar refractivity (Wildman–Crippen MR) is 122 cm³/mol. The topological polar surface area (TPSA) is 49.8 Å². The van der Waals surface area contributed by atoms with Crippen molar-refractivity contribution in [2.24, 2.45) is 0 Å². The Morgan fingerprint density at radius 1 is 1.03 bits per heavy atom. The molecule has 2 aromatic rings. The van der Waals surface area contributed by atoms with Crippen LogP contribution in [0.5, 0.6) is 5.75 Å². The van der Waals surface area contributed by atoms with E-state index >= 15 is 0 Å². The number of ether oxygens (including phenoxy) is 1. The zero-order valence-corrected chi connectivity index (χ0v) is 17.8. The third kappa shape index (κ3) is 3.99. The summed E-state index contributed by atoms with van der Waals surface area (Å²) in [4.78, 5) is 14.3. The van der Waals surface area contributed by atoms with Crippen LogP contribution in [0.2, 0.25) is 0 Å². The molecule has 1 N–H and O–H groups in total. The Balaban J connectivity index is 1.38. The Morgan fingerprint density at radius 2 is 1.90 bits per heavy atom. The van der Waals surface area contributed by atoms with Crippen molar-refractivity contribution >= 4 is 17.1 Å². The Hall–Kier alpha value is -3.01. The first kappa shape index (κ1) is 19.9. The van der Waals surface area contributed by atoms with Crippen molar-refractivity contribution in [1.29, 1.82) is 0 Å². The highest BCUT2D eigenvalue weighted by Crippen LogP contribution is 2.35. The number of carbonyl (C=O) groups excluding carboxylic acids is 1. The van der Waals surface area contributed by atoms with E-state index in [0.717, 1.165) is 55.2 Å². The monoisotopic (exact) mass is 415 g/mol. The van der Waals surface area contributed by atoms with E-state index in [2.05, 4.69) is 41.3 Å². The van der Waals surface area contributed by atoms with Crippen LogP contribution in [0.25, 0.3) is 11.3 Å². The molecule has 0 amide bonds. The molecule has 3 aliphatic rings. The summed E-state index contributed by atoms with van der Waals surface area (Å²) in [5, 5.41) is 12.9. The van der Waals surface area contributed by atoms with Gasteiger partial charge in [-0.1, -0.05) is 42.8 Å². The number of fused-ring (bicyclic) bond motifs is 4. The van der Waals surface area contributed by atoms with Crippen LogP contribution in [0.15, 0.2) is 60.4 Å². The van der Waals surface area contributed by atoms with E-state index in [1.807, 2.05) is 12.1 Å². The normalized spacial score (nSPS) is 20.0. The quantitative estimate of drug-likeness (QED) is 0.732. The molecule has 0 radical (unpaired) electrons. The highest BCUT2D eigenvalue weighted by Gasteiger charge is 2.35. The van der Waals surface area contributed by atoms with Crippen molar-refractivity contribution < 1.29 is 14.6 Å². The van der Waals surface area contributed by atoms with Crippen molar-refractivity contribution in [1.82, 2.24) is 4.90 Å². The second-order valence-electron chi connectivity index (χ2n) is 8.76. The molecule has 31 heavy (non-hydrogen) atoms. The smallest absolute Gasteiger partial charge is 0.178 e. The molecule has 2 aromatic carbocycles. The maximum absolute atomic E-state index is 12.2. The van der Waals surface area contributed by atoms with Gasteiger partial charge in [-0.3, -0.25) is 4.79 Å². The van der Waals surface area contributed by atoms with Crippen LogP contribution >= 0.6 is 0 Å². The first-order chi connectivity index (χ1) is 15.2. The summed E-state index contributed by atoms with van der Waals surface area (Å²) in [7, 11) is 0. The fourth-order valence-electron chi connectivity index (χ4n) is 5.23. The Morgan fingerprint density at radius 3 is 2.77 bits per heavy atom. The van der Waals surface area contributed by atoms with Crippen molar-refractivity contribution in [3.05, 3.63) is 76.4 Å².